The molecule has 0 saturated carbocycles. The standard InChI is InChI=1S/C16H22BrN3O3S/c1-4-5-14(21)19-20-16(24)18-15(22)11-6-7-13(12(17)8-11)23-9-10(2)3/h6-8,10H,4-5,9H2,1-3H3,(H,19,21)(H2,18,20,22,24). The van der Waals surface area contributed by atoms with Gasteiger partial charge in [0, 0.05) is 12.0 Å². The number of nitrogens with one attached hydrogen (secondary N) is 3. The number of hydrogen-bond donors (Lipinski definition) is 3. The van der Waals surface area contributed by atoms with E-state index in [2.05, 4.69) is 45.9 Å². The molecule has 0 aliphatic rings. The topological polar surface area (TPSA) is 79.5 Å². The molecule has 0 aliphatic heterocycles. The van der Waals surface area contributed by atoms with Crippen LogP contribution in [0.1, 0.15) is 44.0 Å². The molecular formula is C16H22BrN3O3S. The minimum Gasteiger partial charge on any atom is -0.492 e. The maximum atomic E-state index is 12.1. The minimum absolute atomic E-state index is 0.0284. The van der Waals surface area contributed by atoms with Crippen LogP contribution in [0, 0.1) is 5.92 Å². The van der Waals surface area contributed by atoms with Crippen molar-refractivity contribution in [1.82, 2.24) is 16.2 Å². The Bertz CT molecular complexity index is 608. The van der Waals surface area contributed by atoms with Crippen molar-refractivity contribution in [3.8, 4) is 5.75 Å². The zero-order valence-corrected chi connectivity index (χ0v) is 16.3. The van der Waals surface area contributed by atoms with Crippen molar-refractivity contribution >= 4 is 45.1 Å². The number of benzene rings is 1. The van der Waals surface area contributed by atoms with E-state index in [0.717, 1.165) is 6.42 Å². The van der Waals surface area contributed by atoms with Gasteiger partial charge in [-0.3, -0.25) is 25.8 Å². The zero-order valence-electron chi connectivity index (χ0n) is 13.9. The van der Waals surface area contributed by atoms with Crippen molar-refractivity contribution in [3.05, 3.63) is 28.2 Å². The average Bonchev–Trinajstić information content (AvgIpc) is 2.51. The van der Waals surface area contributed by atoms with E-state index in [1.165, 1.54) is 0 Å². The molecule has 3 N–H and O–H groups in total. The maximum Gasteiger partial charge on any atom is 0.257 e. The molecule has 0 aliphatic carbocycles. The summed E-state index contributed by atoms with van der Waals surface area (Å²) in [4.78, 5) is 23.5. The molecule has 24 heavy (non-hydrogen) atoms. The summed E-state index contributed by atoms with van der Waals surface area (Å²) in [7, 11) is 0. The third-order valence-electron chi connectivity index (χ3n) is 2.79. The number of carbonyl (C=O) groups excluding carboxylic acids is 2. The van der Waals surface area contributed by atoms with E-state index in [9.17, 15) is 9.59 Å². The van der Waals surface area contributed by atoms with Crippen LogP contribution in [0.25, 0.3) is 0 Å². The Kier molecular flexibility index (Phi) is 8.70. The molecule has 2 amide bonds. The maximum absolute atomic E-state index is 12.1. The number of halogens is 1. The number of hydrogen-bond acceptors (Lipinski definition) is 4. The molecule has 0 spiro atoms. The Labute approximate surface area is 155 Å². The van der Waals surface area contributed by atoms with Crippen LogP contribution in [0.4, 0.5) is 0 Å². The second-order valence-electron chi connectivity index (χ2n) is 5.56. The Morgan fingerprint density at radius 3 is 2.58 bits per heavy atom. The van der Waals surface area contributed by atoms with E-state index < -0.39 is 0 Å². The van der Waals surface area contributed by atoms with Gasteiger partial charge in [-0.2, -0.15) is 0 Å². The molecule has 1 aromatic carbocycles. The molecule has 0 bridgehead atoms. The van der Waals surface area contributed by atoms with Crippen LogP contribution in [0.15, 0.2) is 22.7 Å². The molecule has 6 nitrogen and oxygen atoms in total. The van der Waals surface area contributed by atoms with Gasteiger partial charge < -0.3 is 4.74 Å². The Balaban J connectivity index is 2.57. The number of thiocarbonyl (C=S) groups is 1. The summed E-state index contributed by atoms with van der Waals surface area (Å²) < 4.78 is 6.32. The van der Waals surface area contributed by atoms with Gasteiger partial charge in [0.1, 0.15) is 5.75 Å². The third kappa shape index (κ3) is 7.27. The number of rotatable bonds is 6. The van der Waals surface area contributed by atoms with Gasteiger partial charge in [-0.1, -0.05) is 20.8 Å². The van der Waals surface area contributed by atoms with Gasteiger partial charge in [-0.05, 0) is 58.7 Å². The van der Waals surface area contributed by atoms with E-state index in [1.54, 1.807) is 18.2 Å². The SMILES string of the molecule is CCCC(=O)NNC(=S)NC(=O)c1ccc(OCC(C)C)c(Br)c1. The normalized spacial score (nSPS) is 10.2. The summed E-state index contributed by atoms with van der Waals surface area (Å²) in [5.41, 5.74) is 5.32. The van der Waals surface area contributed by atoms with Gasteiger partial charge >= 0.3 is 0 Å². The Hall–Kier alpha value is -1.67. The molecule has 0 saturated heterocycles. The van der Waals surface area contributed by atoms with Crippen molar-refractivity contribution in [2.24, 2.45) is 5.92 Å². The molecule has 0 radical (unpaired) electrons. The Morgan fingerprint density at radius 1 is 1.29 bits per heavy atom. The highest BCUT2D eigenvalue weighted by Gasteiger charge is 2.11. The van der Waals surface area contributed by atoms with Crippen LogP contribution in [-0.2, 0) is 4.79 Å². The first kappa shape index (κ1) is 20.4. The largest absolute Gasteiger partial charge is 0.492 e. The summed E-state index contributed by atoms with van der Waals surface area (Å²) >= 11 is 8.36. The molecule has 0 heterocycles. The van der Waals surface area contributed by atoms with Gasteiger partial charge in [0.2, 0.25) is 5.91 Å². The fourth-order valence-electron chi connectivity index (χ4n) is 1.64. The van der Waals surface area contributed by atoms with Gasteiger partial charge in [0.25, 0.3) is 5.91 Å². The van der Waals surface area contributed by atoms with Gasteiger partial charge in [0.05, 0.1) is 11.1 Å². The van der Waals surface area contributed by atoms with Crippen molar-refractivity contribution < 1.29 is 14.3 Å². The van der Waals surface area contributed by atoms with Crippen LogP contribution >= 0.6 is 28.1 Å². The molecule has 0 aromatic heterocycles. The van der Waals surface area contributed by atoms with E-state index in [0.29, 0.717) is 34.7 Å². The molecule has 8 heteroatoms. The number of ether oxygens (including phenoxy) is 1. The van der Waals surface area contributed by atoms with Crippen molar-refractivity contribution in [2.45, 2.75) is 33.6 Å². The van der Waals surface area contributed by atoms with Crippen LogP contribution in [0.2, 0.25) is 0 Å². The molecule has 1 aromatic rings. The van der Waals surface area contributed by atoms with Crippen molar-refractivity contribution in [3.63, 3.8) is 0 Å². The van der Waals surface area contributed by atoms with Gasteiger partial charge in [-0.25, -0.2) is 0 Å². The lowest BCUT2D eigenvalue weighted by atomic mass is 10.2. The third-order valence-corrected chi connectivity index (χ3v) is 3.61. The molecule has 0 fully saturated rings. The minimum atomic E-state index is -0.381. The predicted molar refractivity (Wildman–Crippen MR) is 101 cm³/mol. The second kappa shape index (κ2) is 10.2. The Morgan fingerprint density at radius 2 is 2.00 bits per heavy atom. The van der Waals surface area contributed by atoms with E-state index in [-0.39, 0.29) is 16.9 Å². The van der Waals surface area contributed by atoms with Crippen molar-refractivity contribution in [2.75, 3.05) is 6.61 Å². The van der Waals surface area contributed by atoms with E-state index in [1.807, 2.05) is 6.92 Å². The van der Waals surface area contributed by atoms with Gasteiger partial charge in [0.15, 0.2) is 5.11 Å². The van der Waals surface area contributed by atoms with Gasteiger partial charge in [-0.15, -0.1) is 0 Å². The lowest BCUT2D eigenvalue weighted by Gasteiger charge is -2.12. The smallest absolute Gasteiger partial charge is 0.257 e. The summed E-state index contributed by atoms with van der Waals surface area (Å²) in [5, 5.41) is 2.52. The summed E-state index contributed by atoms with van der Waals surface area (Å²) in [5.74, 6) is 0.510. The van der Waals surface area contributed by atoms with E-state index >= 15 is 0 Å². The first-order valence-corrected chi connectivity index (χ1v) is 8.86. The fraction of sp³-hybridized carbons (Fsp3) is 0.438. The molecule has 132 valence electrons. The molecule has 0 atom stereocenters. The summed E-state index contributed by atoms with van der Waals surface area (Å²) in [6, 6.07) is 5.03. The lowest BCUT2D eigenvalue weighted by molar-refractivity contribution is -0.121. The lowest BCUT2D eigenvalue weighted by Crippen LogP contribution is -2.48. The number of carbonyl (C=O) groups is 2. The van der Waals surface area contributed by atoms with Crippen LogP contribution in [-0.4, -0.2) is 23.5 Å². The second-order valence-corrected chi connectivity index (χ2v) is 6.82. The van der Waals surface area contributed by atoms with Crippen LogP contribution in [0.3, 0.4) is 0 Å². The highest BCUT2D eigenvalue weighted by atomic mass is 79.9. The quantitative estimate of drug-likeness (QED) is 0.491. The summed E-state index contributed by atoms with van der Waals surface area (Å²) in [6.07, 6.45) is 1.11. The van der Waals surface area contributed by atoms with Crippen molar-refractivity contribution in [1.29, 1.82) is 0 Å². The zero-order chi connectivity index (χ0) is 18.1. The molecule has 0 unspecified atom stereocenters. The fourth-order valence-corrected chi connectivity index (χ4v) is 2.28. The van der Waals surface area contributed by atoms with E-state index in [4.69, 9.17) is 17.0 Å². The average molecular weight is 416 g/mol. The number of hydrazine groups is 1. The van der Waals surface area contributed by atoms with Crippen LogP contribution in [0.5, 0.6) is 5.75 Å². The molecule has 1 rings (SSSR count). The van der Waals surface area contributed by atoms with Crippen LogP contribution < -0.4 is 20.9 Å². The first-order valence-electron chi connectivity index (χ1n) is 7.66. The highest BCUT2D eigenvalue weighted by Crippen LogP contribution is 2.26. The monoisotopic (exact) mass is 415 g/mol. The first-order chi connectivity index (χ1) is 11.3. The predicted octanol–water partition coefficient (Wildman–Crippen LogP) is 2.92. The highest BCUT2D eigenvalue weighted by molar-refractivity contribution is 9.10. The molecular weight excluding hydrogens is 394 g/mol. The summed E-state index contributed by atoms with van der Waals surface area (Å²) in [6.45, 7) is 6.60. The number of amides is 2.